The van der Waals surface area contributed by atoms with E-state index in [1.165, 1.54) is 6.07 Å². The van der Waals surface area contributed by atoms with E-state index in [9.17, 15) is 9.59 Å². The predicted molar refractivity (Wildman–Crippen MR) is 92.2 cm³/mol. The molecule has 0 N–H and O–H groups in total. The van der Waals surface area contributed by atoms with E-state index in [-0.39, 0.29) is 11.5 Å². The second-order valence-electron chi connectivity index (χ2n) is 5.61. The molecule has 0 fully saturated rings. The second-order valence-corrected chi connectivity index (χ2v) is 5.61. The summed E-state index contributed by atoms with van der Waals surface area (Å²) < 4.78 is 1.55. The predicted octanol–water partition coefficient (Wildman–Crippen LogP) is 2.55. The fourth-order valence-corrected chi connectivity index (χ4v) is 2.49. The highest BCUT2D eigenvalue weighted by atomic mass is 16.2. The van der Waals surface area contributed by atoms with Crippen LogP contribution >= 0.6 is 0 Å². The van der Waals surface area contributed by atoms with Gasteiger partial charge in [-0.15, -0.1) is 0 Å². The number of aromatic nitrogens is 1. The Labute approximate surface area is 141 Å². The lowest BCUT2D eigenvalue weighted by Crippen LogP contribution is -2.32. The number of aryl methyl sites for hydroxylation is 1. The van der Waals surface area contributed by atoms with Gasteiger partial charge >= 0.3 is 0 Å². The SMILES string of the molecule is CCCN(Cc1ccc(C#N)cc1)C(=O)CCn1ccccc1=O. The zero-order valence-corrected chi connectivity index (χ0v) is 13.8. The third-order valence-corrected chi connectivity index (χ3v) is 3.77. The summed E-state index contributed by atoms with van der Waals surface area (Å²) in [5.74, 6) is 0.0250. The molecule has 1 aromatic carbocycles. The molecule has 1 heterocycles. The fraction of sp³-hybridized carbons (Fsp3) is 0.316. The van der Waals surface area contributed by atoms with Gasteiger partial charge in [0.15, 0.2) is 0 Å². The first kappa shape index (κ1) is 17.5. The molecule has 0 atom stereocenters. The number of amides is 1. The van der Waals surface area contributed by atoms with Crippen molar-refractivity contribution in [3.63, 3.8) is 0 Å². The fourth-order valence-electron chi connectivity index (χ4n) is 2.49. The maximum atomic E-state index is 12.5. The van der Waals surface area contributed by atoms with E-state index in [0.717, 1.165) is 12.0 Å². The molecule has 5 nitrogen and oxygen atoms in total. The Morgan fingerprint density at radius 2 is 1.96 bits per heavy atom. The van der Waals surface area contributed by atoms with Gasteiger partial charge in [0.05, 0.1) is 11.6 Å². The average Bonchev–Trinajstić information content (AvgIpc) is 2.61. The number of carbonyl (C=O) groups is 1. The van der Waals surface area contributed by atoms with Crippen LogP contribution in [0.25, 0.3) is 0 Å². The van der Waals surface area contributed by atoms with Crippen LogP contribution < -0.4 is 5.56 Å². The summed E-state index contributed by atoms with van der Waals surface area (Å²) in [6.45, 7) is 3.59. The van der Waals surface area contributed by atoms with Crippen LogP contribution in [0, 0.1) is 11.3 Å². The maximum absolute atomic E-state index is 12.5. The molecule has 0 saturated carbocycles. The van der Waals surface area contributed by atoms with E-state index in [0.29, 0.717) is 31.6 Å². The Hall–Kier alpha value is -2.87. The molecule has 2 rings (SSSR count). The van der Waals surface area contributed by atoms with Crippen molar-refractivity contribution in [3.05, 3.63) is 70.1 Å². The van der Waals surface area contributed by atoms with Crippen molar-refractivity contribution in [2.75, 3.05) is 6.54 Å². The van der Waals surface area contributed by atoms with E-state index < -0.39 is 0 Å². The van der Waals surface area contributed by atoms with Crippen molar-refractivity contribution in [1.29, 1.82) is 5.26 Å². The van der Waals surface area contributed by atoms with Gasteiger partial charge in [0.25, 0.3) is 5.56 Å². The minimum atomic E-state index is -0.0977. The molecule has 0 aliphatic rings. The molecule has 124 valence electrons. The molecule has 0 saturated heterocycles. The molecular formula is C19H21N3O2. The molecule has 0 aliphatic heterocycles. The highest BCUT2D eigenvalue weighted by Crippen LogP contribution is 2.09. The summed E-state index contributed by atoms with van der Waals surface area (Å²) in [6, 6.07) is 14.3. The van der Waals surface area contributed by atoms with Crippen LogP contribution in [-0.4, -0.2) is 21.9 Å². The van der Waals surface area contributed by atoms with Gasteiger partial charge in [0.2, 0.25) is 5.91 Å². The zero-order chi connectivity index (χ0) is 17.4. The van der Waals surface area contributed by atoms with E-state index in [1.54, 1.807) is 39.9 Å². The normalized spacial score (nSPS) is 10.2. The van der Waals surface area contributed by atoms with Gasteiger partial charge in [0, 0.05) is 38.3 Å². The van der Waals surface area contributed by atoms with Gasteiger partial charge in [-0.3, -0.25) is 9.59 Å². The molecule has 24 heavy (non-hydrogen) atoms. The summed E-state index contributed by atoms with van der Waals surface area (Å²) in [7, 11) is 0. The lowest BCUT2D eigenvalue weighted by atomic mass is 10.1. The number of pyridine rings is 1. The van der Waals surface area contributed by atoms with Crippen molar-refractivity contribution < 1.29 is 4.79 Å². The van der Waals surface area contributed by atoms with Crippen LogP contribution in [0.3, 0.4) is 0 Å². The van der Waals surface area contributed by atoms with Gasteiger partial charge in [-0.2, -0.15) is 5.26 Å². The summed E-state index contributed by atoms with van der Waals surface area (Å²) in [5, 5.41) is 8.84. The molecule has 2 aromatic rings. The molecular weight excluding hydrogens is 302 g/mol. The number of benzene rings is 1. The Kier molecular flexibility index (Phi) is 6.32. The Morgan fingerprint density at radius 1 is 1.21 bits per heavy atom. The molecule has 0 spiro atoms. The molecule has 0 bridgehead atoms. The second kappa shape index (κ2) is 8.68. The summed E-state index contributed by atoms with van der Waals surface area (Å²) in [5.41, 5.74) is 1.50. The van der Waals surface area contributed by atoms with E-state index >= 15 is 0 Å². The van der Waals surface area contributed by atoms with Gasteiger partial charge in [0.1, 0.15) is 0 Å². The number of nitriles is 1. The van der Waals surface area contributed by atoms with Crippen molar-refractivity contribution in [2.45, 2.75) is 32.9 Å². The number of rotatable bonds is 7. The number of nitrogens with zero attached hydrogens (tertiary/aromatic N) is 3. The van der Waals surface area contributed by atoms with Crippen molar-refractivity contribution in [3.8, 4) is 6.07 Å². The van der Waals surface area contributed by atoms with Crippen molar-refractivity contribution in [1.82, 2.24) is 9.47 Å². The van der Waals surface area contributed by atoms with Gasteiger partial charge in [-0.1, -0.05) is 25.1 Å². The highest BCUT2D eigenvalue weighted by molar-refractivity contribution is 5.76. The third kappa shape index (κ3) is 4.82. The first-order valence-corrected chi connectivity index (χ1v) is 8.06. The number of hydrogen-bond donors (Lipinski definition) is 0. The standard InChI is InChI=1S/C19H21N3O2/c1-2-11-22(15-17-8-6-16(14-20)7-9-17)19(24)10-13-21-12-4-3-5-18(21)23/h3-9,12H,2,10-11,13,15H2,1H3. The van der Waals surface area contributed by atoms with Gasteiger partial charge < -0.3 is 9.47 Å². The van der Waals surface area contributed by atoms with Crippen LogP contribution in [-0.2, 0) is 17.9 Å². The van der Waals surface area contributed by atoms with Crippen LogP contribution in [0.5, 0.6) is 0 Å². The molecule has 0 radical (unpaired) electrons. The molecule has 0 aliphatic carbocycles. The minimum Gasteiger partial charge on any atom is -0.338 e. The van der Waals surface area contributed by atoms with Crippen LogP contribution in [0.15, 0.2) is 53.5 Å². The van der Waals surface area contributed by atoms with Crippen molar-refractivity contribution in [2.24, 2.45) is 0 Å². The lowest BCUT2D eigenvalue weighted by Gasteiger charge is -2.22. The quantitative estimate of drug-likeness (QED) is 0.786. The average molecular weight is 323 g/mol. The van der Waals surface area contributed by atoms with E-state index in [2.05, 4.69) is 6.07 Å². The molecule has 0 unspecified atom stereocenters. The van der Waals surface area contributed by atoms with Crippen molar-refractivity contribution >= 4 is 5.91 Å². The molecule has 1 aromatic heterocycles. The van der Waals surface area contributed by atoms with E-state index in [1.807, 2.05) is 19.1 Å². The van der Waals surface area contributed by atoms with Crippen LogP contribution in [0.4, 0.5) is 0 Å². The maximum Gasteiger partial charge on any atom is 0.250 e. The largest absolute Gasteiger partial charge is 0.338 e. The Morgan fingerprint density at radius 3 is 2.58 bits per heavy atom. The first-order chi connectivity index (χ1) is 11.6. The van der Waals surface area contributed by atoms with Crippen LogP contribution in [0.1, 0.15) is 30.9 Å². The monoisotopic (exact) mass is 323 g/mol. The third-order valence-electron chi connectivity index (χ3n) is 3.77. The Balaban J connectivity index is 2.00. The van der Waals surface area contributed by atoms with Gasteiger partial charge in [-0.25, -0.2) is 0 Å². The molecule has 1 amide bonds. The lowest BCUT2D eigenvalue weighted by molar-refractivity contribution is -0.132. The summed E-state index contributed by atoms with van der Waals surface area (Å²) in [6.07, 6.45) is 2.86. The topological polar surface area (TPSA) is 66.1 Å². The molecule has 5 heteroatoms. The van der Waals surface area contributed by atoms with Gasteiger partial charge in [-0.05, 0) is 30.2 Å². The smallest absolute Gasteiger partial charge is 0.250 e. The Bertz CT molecular complexity index is 772. The summed E-state index contributed by atoms with van der Waals surface area (Å²) >= 11 is 0. The highest BCUT2D eigenvalue weighted by Gasteiger charge is 2.13. The van der Waals surface area contributed by atoms with Crippen LogP contribution in [0.2, 0.25) is 0 Å². The summed E-state index contributed by atoms with van der Waals surface area (Å²) in [4.78, 5) is 26.0. The number of hydrogen-bond acceptors (Lipinski definition) is 3. The first-order valence-electron chi connectivity index (χ1n) is 8.06. The number of carbonyl (C=O) groups excluding carboxylic acids is 1. The zero-order valence-electron chi connectivity index (χ0n) is 13.8. The van der Waals surface area contributed by atoms with E-state index in [4.69, 9.17) is 5.26 Å². The minimum absolute atomic E-state index is 0.0250.